The van der Waals surface area contributed by atoms with Crippen LogP contribution in [0, 0.1) is 12.7 Å². The number of halogens is 2. The van der Waals surface area contributed by atoms with E-state index in [2.05, 4.69) is 0 Å². The minimum atomic E-state index is -0.482. The zero-order chi connectivity index (χ0) is 9.14. The molecule has 3 heteroatoms. The molecule has 0 aliphatic heterocycles. The molecule has 66 valence electrons. The van der Waals surface area contributed by atoms with Crippen molar-refractivity contribution in [2.75, 3.05) is 6.61 Å². The van der Waals surface area contributed by atoms with E-state index in [0.717, 1.165) is 5.56 Å². The van der Waals surface area contributed by atoms with E-state index in [1.807, 2.05) is 6.92 Å². The molecule has 0 saturated heterocycles. The number of aryl methyl sites for hydroxylation is 1. The monoisotopic (exact) mass is 188 g/mol. The summed E-state index contributed by atoms with van der Waals surface area (Å²) in [6.07, 6.45) is 0. The number of hydrogen-bond donors (Lipinski definition) is 0. The van der Waals surface area contributed by atoms with Gasteiger partial charge in [0.15, 0.2) is 11.6 Å². The van der Waals surface area contributed by atoms with Gasteiger partial charge in [0.2, 0.25) is 0 Å². The Kier molecular flexibility index (Phi) is 2.93. The third-order valence-electron chi connectivity index (χ3n) is 1.44. The maximum absolute atomic E-state index is 13.1. The van der Waals surface area contributed by atoms with Gasteiger partial charge in [-0.3, -0.25) is 0 Å². The lowest BCUT2D eigenvalue weighted by molar-refractivity contribution is 0.321. The summed E-state index contributed by atoms with van der Waals surface area (Å²) in [5, 5.41) is 0.110. The average Bonchev–Trinajstić information content (AvgIpc) is 2.00. The highest BCUT2D eigenvalue weighted by atomic mass is 35.5. The minimum Gasteiger partial charge on any atom is -0.491 e. The average molecular weight is 189 g/mol. The van der Waals surface area contributed by atoms with Crippen molar-refractivity contribution in [3.8, 4) is 5.75 Å². The normalized spacial score (nSPS) is 10.0. The van der Waals surface area contributed by atoms with Crippen LogP contribution in [0.5, 0.6) is 5.75 Å². The third kappa shape index (κ3) is 1.89. The first-order chi connectivity index (χ1) is 5.65. The smallest absolute Gasteiger partial charge is 0.183 e. The number of ether oxygens (including phenoxy) is 1. The first-order valence-electron chi connectivity index (χ1n) is 3.73. The van der Waals surface area contributed by atoms with Crippen LogP contribution in [0.2, 0.25) is 5.02 Å². The van der Waals surface area contributed by atoms with Crippen molar-refractivity contribution >= 4 is 11.6 Å². The molecule has 12 heavy (non-hydrogen) atoms. The predicted octanol–water partition coefficient (Wildman–Crippen LogP) is 3.19. The lowest BCUT2D eigenvalue weighted by Gasteiger charge is -2.06. The first kappa shape index (κ1) is 9.33. The molecule has 0 N–H and O–H groups in total. The predicted molar refractivity (Wildman–Crippen MR) is 47.3 cm³/mol. The van der Waals surface area contributed by atoms with E-state index in [-0.39, 0.29) is 10.8 Å². The molecule has 0 radical (unpaired) electrons. The molecule has 0 aromatic heterocycles. The van der Waals surface area contributed by atoms with E-state index in [1.54, 1.807) is 19.1 Å². The second-order valence-electron chi connectivity index (χ2n) is 2.49. The molecule has 0 aliphatic carbocycles. The van der Waals surface area contributed by atoms with Crippen LogP contribution >= 0.6 is 11.6 Å². The van der Waals surface area contributed by atoms with E-state index >= 15 is 0 Å². The van der Waals surface area contributed by atoms with Gasteiger partial charge in [0.25, 0.3) is 0 Å². The molecule has 0 atom stereocenters. The molecular weight excluding hydrogens is 179 g/mol. The maximum atomic E-state index is 13.1. The second-order valence-corrected chi connectivity index (χ2v) is 2.90. The summed E-state index contributed by atoms with van der Waals surface area (Å²) in [5.41, 5.74) is 0.893. The Bertz CT molecular complexity index is 286. The Balaban J connectivity index is 3.09. The fourth-order valence-corrected chi connectivity index (χ4v) is 1.22. The molecule has 0 amide bonds. The zero-order valence-electron chi connectivity index (χ0n) is 7.03. The van der Waals surface area contributed by atoms with E-state index in [4.69, 9.17) is 16.3 Å². The Morgan fingerprint density at radius 1 is 1.50 bits per heavy atom. The lowest BCUT2D eigenvalue weighted by atomic mass is 10.2. The van der Waals surface area contributed by atoms with Crippen LogP contribution in [0.3, 0.4) is 0 Å². The standard InChI is InChI=1S/C9H10ClFO/c1-3-12-8-5-6(2)4-7(10)9(8)11/h4-5H,3H2,1-2H3. The van der Waals surface area contributed by atoms with Gasteiger partial charge in [-0.05, 0) is 31.5 Å². The van der Waals surface area contributed by atoms with Crippen LogP contribution in [0.1, 0.15) is 12.5 Å². The van der Waals surface area contributed by atoms with E-state index in [0.29, 0.717) is 6.61 Å². The Morgan fingerprint density at radius 2 is 2.17 bits per heavy atom. The van der Waals surface area contributed by atoms with Gasteiger partial charge in [0.05, 0.1) is 11.6 Å². The molecular formula is C9H10ClFO. The SMILES string of the molecule is CCOc1cc(C)cc(Cl)c1F. The van der Waals surface area contributed by atoms with E-state index < -0.39 is 5.82 Å². The van der Waals surface area contributed by atoms with Gasteiger partial charge in [-0.2, -0.15) is 0 Å². The first-order valence-corrected chi connectivity index (χ1v) is 4.11. The molecule has 0 spiro atoms. The van der Waals surface area contributed by atoms with Crippen molar-refractivity contribution < 1.29 is 9.13 Å². The summed E-state index contributed by atoms with van der Waals surface area (Å²) in [4.78, 5) is 0. The largest absolute Gasteiger partial charge is 0.491 e. The quantitative estimate of drug-likeness (QED) is 0.693. The minimum absolute atomic E-state index is 0.110. The topological polar surface area (TPSA) is 9.23 Å². The molecule has 0 fully saturated rings. The van der Waals surface area contributed by atoms with Crippen molar-refractivity contribution in [1.82, 2.24) is 0 Å². The van der Waals surface area contributed by atoms with Crippen molar-refractivity contribution in [2.24, 2.45) is 0 Å². The van der Waals surface area contributed by atoms with Crippen molar-refractivity contribution in [2.45, 2.75) is 13.8 Å². The second kappa shape index (κ2) is 3.76. The molecule has 0 aliphatic rings. The molecule has 1 aromatic rings. The van der Waals surface area contributed by atoms with Crippen LogP contribution in [-0.2, 0) is 0 Å². The molecule has 0 bridgehead atoms. The number of rotatable bonds is 2. The van der Waals surface area contributed by atoms with Crippen LogP contribution in [-0.4, -0.2) is 6.61 Å². The van der Waals surface area contributed by atoms with Gasteiger partial charge < -0.3 is 4.74 Å². The van der Waals surface area contributed by atoms with Gasteiger partial charge in [-0.1, -0.05) is 11.6 Å². The third-order valence-corrected chi connectivity index (χ3v) is 1.71. The van der Waals surface area contributed by atoms with E-state index in [9.17, 15) is 4.39 Å². The Hall–Kier alpha value is -0.760. The summed E-state index contributed by atoms with van der Waals surface area (Å²) in [5.74, 6) is -0.258. The van der Waals surface area contributed by atoms with E-state index in [1.165, 1.54) is 0 Å². The summed E-state index contributed by atoms with van der Waals surface area (Å²) < 4.78 is 18.2. The van der Waals surface area contributed by atoms with Gasteiger partial charge in [-0.25, -0.2) is 4.39 Å². The van der Waals surface area contributed by atoms with Crippen molar-refractivity contribution in [3.63, 3.8) is 0 Å². The fraction of sp³-hybridized carbons (Fsp3) is 0.333. The highest BCUT2D eigenvalue weighted by molar-refractivity contribution is 6.30. The highest BCUT2D eigenvalue weighted by Crippen LogP contribution is 2.26. The molecule has 0 unspecified atom stereocenters. The summed E-state index contributed by atoms with van der Waals surface area (Å²) in [7, 11) is 0. The molecule has 1 nitrogen and oxygen atoms in total. The number of hydrogen-bond acceptors (Lipinski definition) is 1. The summed E-state index contributed by atoms with van der Waals surface area (Å²) >= 11 is 5.60. The van der Waals surface area contributed by atoms with Crippen LogP contribution in [0.25, 0.3) is 0 Å². The fourth-order valence-electron chi connectivity index (χ4n) is 0.953. The summed E-state index contributed by atoms with van der Waals surface area (Å²) in [6, 6.07) is 3.20. The Morgan fingerprint density at radius 3 is 2.75 bits per heavy atom. The van der Waals surface area contributed by atoms with Crippen LogP contribution < -0.4 is 4.74 Å². The molecule has 0 saturated carbocycles. The lowest BCUT2D eigenvalue weighted by Crippen LogP contribution is -1.95. The highest BCUT2D eigenvalue weighted by Gasteiger charge is 2.07. The molecule has 0 heterocycles. The van der Waals surface area contributed by atoms with Gasteiger partial charge in [0.1, 0.15) is 0 Å². The zero-order valence-corrected chi connectivity index (χ0v) is 7.78. The summed E-state index contributed by atoms with van der Waals surface area (Å²) in [6.45, 7) is 4.08. The molecule has 1 rings (SSSR count). The molecule has 1 aromatic carbocycles. The van der Waals surface area contributed by atoms with Crippen molar-refractivity contribution in [1.29, 1.82) is 0 Å². The van der Waals surface area contributed by atoms with Gasteiger partial charge in [0, 0.05) is 0 Å². The number of benzene rings is 1. The van der Waals surface area contributed by atoms with Crippen molar-refractivity contribution in [3.05, 3.63) is 28.5 Å². The van der Waals surface area contributed by atoms with Crippen LogP contribution in [0.15, 0.2) is 12.1 Å². The Labute approximate surface area is 76.1 Å². The van der Waals surface area contributed by atoms with Gasteiger partial charge >= 0.3 is 0 Å². The van der Waals surface area contributed by atoms with Crippen LogP contribution in [0.4, 0.5) is 4.39 Å². The van der Waals surface area contributed by atoms with Gasteiger partial charge in [-0.15, -0.1) is 0 Å². The maximum Gasteiger partial charge on any atom is 0.183 e.